The molecule has 4 nitrogen and oxygen atoms in total. The number of rotatable bonds is 3. The third-order valence-corrected chi connectivity index (χ3v) is 3.65. The number of hydrogen-bond acceptors (Lipinski definition) is 2. The summed E-state index contributed by atoms with van der Waals surface area (Å²) in [6.45, 7) is 2.22. The number of carbonyl (C=O) groups excluding carboxylic acids is 1. The number of nitrogens with two attached hydrogens (primary N) is 1. The molecule has 0 radical (unpaired) electrons. The molecular weight excluding hydrogens is 214 g/mol. The molecule has 1 fully saturated rings. The average molecular weight is 235 g/mol. The summed E-state index contributed by atoms with van der Waals surface area (Å²) in [5.41, 5.74) is 6.74. The summed E-state index contributed by atoms with van der Waals surface area (Å²) >= 11 is 0. The Balaban J connectivity index is 1.90. The van der Waals surface area contributed by atoms with Crippen molar-refractivity contribution in [3.63, 3.8) is 0 Å². The number of amides is 1. The molecule has 1 saturated carbocycles. The second-order valence-corrected chi connectivity index (χ2v) is 4.96. The van der Waals surface area contributed by atoms with Gasteiger partial charge in [0.15, 0.2) is 0 Å². The Morgan fingerprint density at radius 3 is 3.06 bits per heavy atom. The molecule has 0 bridgehead atoms. The van der Waals surface area contributed by atoms with Gasteiger partial charge < -0.3 is 16.0 Å². The number of H-pyrrole nitrogens is 1. The van der Waals surface area contributed by atoms with Gasteiger partial charge >= 0.3 is 0 Å². The first-order valence-corrected chi connectivity index (χ1v) is 6.43. The van der Waals surface area contributed by atoms with Crippen LogP contribution in [0.5, 0.6) is 0 Å². The van der Waals surface area contributed by atoms with Gasteiger partial charge in [-0.15, -0.1) is 0 Å². The Hall–Kier alpha value is -1.45. The number of anilines is 1. The molecule has 2 atom stereocenters. The van der Waals surface area contributed by atoms with Crippen LogP contribution in [0.3, 0.4) is 0 Å². The summed E-state index contributed by atoms with van der Waals surface area (Å²) in [4.78, 5) is 14.8. The number of aromatic nitrogens is 1. The Morgan fingerprint density at radius 2 is 2.41 bits per heavy atom. The zero-order valence-corrected chi connectivity index (χ0v) is 10.3. The van der Waals surface area contributed by atoms with Crippen LogP contribution in [-0.2, 0) is 0 Å². The Labute approximate surface area is 102 Å². The minimum absolute atomic E-state index is 0.0385. The molecule has 1 amide bonds. The van der Waals surface area contributed by atoms with Gasteiger partial charge in [0.2, 0.25) is 0 Å². The molecule has 4 heteroatoms. The van der Waals surface area contributed by atoms with Crippen molar-refractivity contribution in [1.82, 2.24) is 10.3 Å². The van der Waals surface area contributed by atoms with Gasteiger partial charge in [-0.05, 0) is 24.8 Å². The topological polar surface area (TPSA) is 70.9 Å². The minimum Gasteiger partial charge on any atom is -0.397 e. The average Bonchev–Trinajstić information content (AvgIpc) is 2.76. The lowest BCUT2D eigenvalue weighted by atomic mass is 9.84. The van der Waals surface area contributed by atoms with E-state index in [2.05, 4.69) is 17.2 Å². The second kappa shape index (κ2) is 5.25. The summed E-state index contributed by atoms with van der Waals surface area (Å²) in [6, 6.07) is 2.00. The van der Waals surface area contributed by atoms with Gasteiger partial charge in [0.1, 0.15) is 5.69 Å². The van der Waals surface area contributed by atoms with Gasteiger partial charge in [-0.25, -0.2) is 0 Å². The normalized spacial score (nSPS) is 24.5. The van der Waals surface area contributed by atoms with E-state index in [9.17, 15) is 4.79 Å². The van der Waals surface area contributed by atoms with E-state index in [4.69, 9.17) is 5.73 Å². The van der Waals surface area contributed by atoms with Crippen molar-refractivity contribution in [2.24, 2.45) is 5.92 Å². The highest BCUT2D eigenvalue weighted by Crippen LogP contribution is 2.26. The van der Waals surface area contributed by atoms with Gasteiger partial charge in [0, 0.05) is 17.9 Å². The van der Waals surface area contributed by atoms with Crippen molar-refractivity contribution >= 4 is 11.6 Å². The maximum Gasteiger partial charge on any atom is 0.267 e. The van der Waals surface area contributed by atoms with Crippen LogP contribution in [0.1, 0.15) is 49.5 Å². The molecule has 1 aliphatic carbocycles. The summed E-state index contributed by atoms with van der Waals surface area (Å²) in [5, 5.41) is 3.09. The first-order chi connectivity index (χ1) is 8.19. The molecule has 0 aromatic carbocycles. The maximum atomic E-state index is 11.9. The highest BCUT2D eigenvalue weighted by Gasteiger charge is 2.22. The number of carbonyl (C=O) groups is 1. The molecule has 0 spiro atoms. The van der Waals surface area contributed by atoms with Crippen molar-refractivity contribution in [2.75, 3.05) is 5.73 Å². The molecule has 1 heterocycles. The highest BCUT2D eigenvalue weighted by atomic mass is 16.1. The van der Waals surface area contributed by atoms with Gasteiger partial charge in [0.25, 0.3) is 5.91 Å². The smallest absolute Gasteiger partial charge is 0.267 e. The SMILES string of the molecule is CCC1CCCC(NC(=O)c2cc(N)c[nH]2)C1. The van der Waals surface area contributed by atoms with E-state index in [1.54, 1.807) is 12.3 Å². The molecule has 2 rings (SSSR count). The summed E-state index contributed by atoms with van der Waals surface area (Å²) in [6.07, 6.45) is 7.58. The number of nitrogen functional groups attached to an aromatic ring is 1. The monoisotopic (exact) mass is 235 g/mol. The van der Waals surface area contributed by atoms with Crippen LogP contribution < -0.4 is 11.1 Å². The lowest BCUT2D eigenvalue weighted by Crippen LogP contribution is -2.38. The quantitative estimate of drug-likeness (QED) is 0.752. The van der Waals surface area contributed by atoms with E-state index >= 15 is 0 Å². The van der Waals surface area contributed by atoms with E-state index < -0.39 is 0 Å². The van der Waals surface area contributed by atoms with Crippen molar-refractivity contribution in [2.45, 2.75) is 45.1 Å². The van der Waals surface area contributed by atoms with Crippen molar-refractivity contribution < 1.29 is 4.79 Å². The first kappa shape index (κ1) is 12.0. The predicted octanol–water partition coefficient (Wildman–Crippen LogP) is 2.30. The molecule has 0 aliphatic heterocycles. The van der Waals surface area contributed by atoms with Gasteiger partial charge in [0.05, 0.1) is 0 Å². The van der Waals surface area contributed by atoms with Crippen molar-refractivity contribution in [3.8, 4) is 0 Å². The molecule has 2 unspecified atom stereocenters. The third-order valence-electron chi connectivity index (χ3n) is 3.65. The van der Waals surface area contributed by atoms with Crippen LogP contribution in [0.25, 0.3) is 0 Å². The van der Waals surface area contributed by atoms with Crippen LogP contribution in [0.15, 0.2) is 12.3 Å². The first-order valence-electron chi connectivity index (χ1n) is 6.43. The van der Waals surface area contributed by atoms with Gasteiger partial charge in [-0.2, -0.15) is 0 Å². The van der Waals surface area contributed by atoms with Crippen LogP contribution >= 0.6 is 0 Å². The second-order valence-electron chi connectivity index (χ2n) is 4.96. The number of nitrogens with one attached hydrogen (secondary N) is 2. The molecule has 1 aromatic heterocycles. The van der Waals surface area contributed by atoms with E-state index in [1.807, 2.05) is 0 Å². The summed E-state index contributed by atoms with van der Waals surface area (Å²) < 4.78 is 0. The fraction of sp³-hybridized carbons (Fsp3) is 0.615. The number of hydrogen-bond donors (Lipinski definition) is 3. The van der Waals surface area contributed by atoms with Crippen LogP contribution in [0.4, 0.5) is 5.69 Å². The van der Waals surface area contributed by atoms with Crippen molar-refractivity contribution in [3.05, 3.63) is 18.0 Å². The molecule has 17 heavy (non-hydrogen) atoms. The fourth-order valence-electron chi connectivity index (χ4n) is 2.60. The predicted molar refractivity (Wildman–Crippen MR) is 68.7 cm³/mol. The van der Waals surface area contributed by atoms with Crippen LogP contribution in [0, 0.1) is 5.92 Å². The minimum atomic E-state index is -0.0385. The Kier molecular flexibility index (Phi) is 3.71. The van der Waals surface area contributed by atoms with E-state index in [0.29, 0.717) is 17.4 Å². The molecular formula is C13H21N3O. The molecule has 4 N–H and O–H groups in total. The zero-order valence-electron chi connectivity index (χ0n) is 10.3. The van der Waals surface area contributed by atoms with Gasteiger partial charge in [-0.1, -0.05) is 26.2 Å². The van der Waals surface area contributed by atoms with Gasteiger partial charge in [-0.3, -0.25) is 4.79 Å². The molecule has 1 aliphatic rings. The van der Waals surface area contributed by atoms with E-state index in [-0.39, 0.29) is 5.91 Å². The summed E-state index contributed by atoms with van der Waals surface area (Å²) in [5.74, 6) is 0.728. The lowest BCUT2D eigenvalue weighted by molar-refractivity contribution is 0.0914. The van der Waals surface area contributed by atoms with Crippen LogP contribution in [-0.4, -0.2) is 16.9 Å². The highest BCUT2D eigenvalue weighted by molar-refractivity contribution is 5.93. The van der Waals surface area contributed by atoms with Crippen molar-refractivity contribution in [1.29, 1.82) is 0 Å². The Morgan fingerprint density at radius 1 is 1.59 bits per heavy atom. The maximum absolute atomic E-state index is 11.9. The third kappa shape index (κ3) is 3.02. The summed E-state index contributed by atoms with van der Waals surface area (Å²) in [7, 11) is 0. The molecule has 0 saturated heterocycles. The zero-order chi connectivity index (χ0) is 12.3. The van der Waals surface area contributed by atoms with E-state index in [0.717, 1.165) is 18.8 Å². The van der Waals surface area contributed by atoms with E-state index in [1.165, 1.54) is 19.3 Å². The fourth-order valence-corrected chi connectivity index (χ4v) is 2.60. The standard InChI is InChI=1S/C13H21N3O/c1-2-9-4-3-5-11(6-9)16-13(17)12-7-10(14)8-15-12/h7-9,11,15H,2-6,14H2,1H3,(H,16,17). The lowest BCUT2D eigenvalue weighted by Gasteiger charge is -2.28. The number of aromatic amines is 1. The van der Waals surface area contributed by atoms with Crippen LogP contribution in [0.2, 0.25) is 0 Å². The molecule has 1 aromatic rings. The largest absolute Gasteiger partial charge is 0.397 e. The Bertz CT molecular complexity index is 386. The molecule has 94 valence electrons.